The molecule has 0 bridgehead atoms. The maximum absolute atomic E-state index is 11.5. The largest absolute Gasteiger partial charge is 0.493 e. The van der Waals surface area contributed by atoms with Gasteiger partial charge in [-0.1, -0.05) is 18.2 Å². The highest BCUT2D eigenvalue weighted by atomic mass is 16.5. The molecule has 20 heavy (non-hydrogen) atoms. The fraction of sp³-hybridized carbons (Fsp3) is 0.286. The van der Waals surface area contributed by atoms with Gasteiger partial charge in [-0.25, -0.2) is 4.79 Å². The van der Waals surface area contributed by atoms with E-state index in [1.165, 1.54) is 12.2 Å². The van der Waals surface area contributed by atoms with Crippen LogP contribution in [0.25, 0.3) is 6.08 Å². The molecule has 3 N–H and O–H groups in total. The maximum atomic E-state index is 11.5. The fourth-order valence-corrected chi connectivity index (χ4v) is 1.48. The monoisotopic (exact) mass is 279 g/mol. The molecule has 6 nitrogen and oxygen atoms in total. The second kappa shape index (κ2) is 7.96. The molecule has 1 unspecified atom stereocenters. The number of hydrogen-bond donors (Lipinski definition) is 3. The minimum Gasteiger partial charge on any atom is -0.493 e. The lowest BCUT2D eigenvalue weighted by Crippen LogP contribution is -2.42. The Morgan fingerprint density at radius 3 is 2.70 bits per heavy atom. The zero-order valence-corrected chi connectivity index (χ0v) is 11.1. The molecule has 0 aliphatic carbocycles. The fourth-order valence-electron chi connectivity index (χ4n) is 1.48. The molecular weight excluding hydrogens is 262 g/mol. The van der Waals surface area contributed by atoms with Crippen molar-refractivity contribution in [1.82, 2.24) is 5.32 Å². The van der Waals surface area contributed by atoms with Crippen LogP contribution in [0, 0.1) is 0 Å². The van der Waals surface area contributed by atoms with E-state index < -0.39 is 24.5 Å². The van der Waals surface area contributed by atoms with Gasteiger partial charge in [0.1, 0.15) is 5.75 Å². The minimum atomic E-state index is -1.31. The standard InChI is InChI=1S/C14H17NO5/c1-2-20-12-6-4-3-5-10(12)7-8-13(17)15-11(9-16)14(18)19/h3-8,11,16H,2,9H2,1H3,(H,15,17)(H,18,19)/b8-7+. The summed E-state index contributed by atoms with van der Waals surface area (Å²) in [5.41, 5.74) is 0.709. The summed E-state index contributed by atoms with van der Waals surface area (Å²) in [6.07, 6.45) is 2.72. The van der Waals surface area contributed by atoms with Gasteiger partial charge in [0.25, 0.3) is 0 Å². The lowest BCUT2D eigenvalue weighted by molar-refractivity contribution is -0.142. The van der Waals surface area contributed by atoms with Gasteiger partial charge in [-0.15, -0.1) is 0 Å². The Balaban J connectivity index is 2.72. The zero-order chi connectivity index (χ0) is 15.0. The van der Waals surface area contributed by atoms with Crippen LogP contribution in [0.3, 0.4) is 0 Å². The lowest BCUT2D eigenvalue weighted by Gasteiger charge is -2.09. The lowest BCUT2D eigenvalue weighted by atomic mass is 10.2. The van der Waals surface area contributed by atoms with E-state index in [4.69, 9.17) is 14.9 Å². The molecule has 0 fully saturated rings. The third-order valence-corrected chi connectivity index (χ3v) is 2.43. The number of amides is 1. The molecule has 1 aromatic rings. The van der Waals surface area contributed by atoms with Gasteiger partial charge in [0.2, 0.25) is 5.91 Å². The first-order valence-corrected chi connectivity index (χ1v) is 6.12. The highest BCUT2D eigenvalue weighted by Crippen LogP contribution is 2.19. The van der Waals surface area contributed by atoms with E-state index in [1.807, 2.05) is 13.0 Å². The Morgan fingerprint density at radius 2 is 2.10 bits per heavy atom. The summed E-state index contributed by atoms with van der Waals surface area (Å²) in [6.45, 7) is 1.69. The van der Waals surface area contributed by atoms with Gasteiger partial charge in [0.15, 0.2) is 6.04 Å². The summed E-state index contributed by atoms with van der Waals surface area (Å²) >= 11 is 0. The Kier molecular flexibility index (Phi) is 6.25. The number of aliphatic hydroxyl groups is 1. The molecule has 1 aromatic carbocycles. The van der Waals surface area contributed by atoms with Crippen LogP contribution in [-0.4, -0.2) is 41.3 Å². The SMILES string of the molecule is CCOc1ccccc1/C=C/C(=O)NC(CO)C(=O)O. The molecule has 1 rings (SSSR count). The summed E-state index contributed by atoms with van der Waals surface area (Å²) < 4.78 is 5.39. The van der Waals surface area contributed by atoms with E-state index in [0.29, 0.717) is 17.9 Å². The van der Waals surface area contributed by atoms with Crippen molar-refractivity contribution in [2.45, 2.75) is 13.0 Å². The van der Waals surface area contributed by atoms with Crippen molar-refractivity contribution in [3.05, 3.63) is 35.9 Å². The number of carboxylic acid groups (broad SMARTS) is 1. The Hall–Kier alpha value is -2.34. The number of rotatable bonds is 7. The van der Waals surface area contributed by atoms with E-state index in [2.05, 4.69) is 5.32 Å². The minimum absolute atomic E-state index is 0.503. The number of aliphatic hydroxyl groups excluding tert-OH is 1. The quantitative estimate of drug-likeness (QED) is 0.637. The number of benzene rings is 1. The Labute approximate surface area is 116 Å². The molecule has 0 saturated carbocycles. The van der Waals surface area contributed by atoms with Gasteiger partial charge < -0.3 is 20.3 Å². The first kappa shape index (κ1) is 15.7. The van der Waals surface area contributed by atoms with Crippen molar-refractivity contribution >= 4 is 18.0 Å². The van der Waals surface area contributed by atoms with Crippen LogP contribution in [-0.2, 0) is 9.59 Å². The summed E-state index contributed by atoms with van der Waals surface area (Å²) in [4.78, 5) is 22.2. The van der Waals surface area contributed by atoms with Crippen molar-refractivity contribution in [1.29, 1.82) is 0 Å². The summed E-state index contributed by atoms with van der Waals surface area (Å²) in [6, 6.07) is 5.85. The second-order valence-corrected chi connectivity index (χ2v) is 3.89. The van der Waals surface area contributed by atoms with Crippen molar-refractivity contribution < 1.29 is 24.5 Å². The Morgan fingerprint density at radius 1 is 1.40 bits per heavy atom. The normalized spacial score (nSPS) is 12.1. The highest BCUT2D eigenvalue weighted by Gasteiger charge is 2.17. The van der Waals surface area contributed by atoms with Crippen LogP contribution < -0.4 is 10.1 Å². The topological polar surface area (TPSA) is 95.9 Å². The van der Waals surface area contributed by atoms with Crippen LogP contribution in [0.5, 0.6) is 5.75 Å². The van der Waals surface area contributed by atoms with Gasteiger partial charge in [-0.05, 0) is 19.1 Å². The predicted molar refractivity (Wildman–Crippen MR) is 73.3 cm³/mol. The average Bonchev–Trinajstić information content (AvgIpc) is 2.43. The summed E-state index contributed by atoms with van der Waals surface area (Å²) in [5, 5.41) is 19.7. The van der Waals surface area contributed by atoms with Crippen molar-refractivity contribution in [2.75, 3.05) is 13.2 Å². The molecule has 0 aliphatic rings. The van der Waals surface area contributed by atoms with Crippen LogP contribution in [0.2, 0.25) is 0 Å². The Bertz CT molecular complexity index is 498. The van der Waals surface area contributed by atoms with Gasteiger partial charge in [0, 0.05) is 11.6 Å². The third kappa shape index (κ3) is 4.74. The van der Waals surface area contributed by atoms with Gasteiger partial charge >= 0.3 is 5.97 Å². The number of ether oxygens (including phenoxy) is 1. The molecule has 0 heterocycles. The first-order chi connectivity index (χ1) is 9.58. The molecule has 0 radical (unpaired) electrons. The molecule has 108 valence electrons. The predicted octanol–water partition coefficient (Wildman–Crippen LogP) is 0.660. The van der Waals surface area contributed by atoms with E-state index in [-0.39, 0.29) is 0 Å². The van der Waals surface area contributed by atoms with E-state index in [1.54, 1.807) is 18.2 Å². The molecule has 6 heteroatoms. The summed E-state index contributed by atoms with van der Waals surface area (Å²) in [5.74, 6) is -1.25. The molecule has 0 aromatic heterocycles. The van der Waals surface area contributed by atoms with E-state index >= 15 is 0 Å². The van der Waals surface area contributed by atoms with E-state index in [0.717, 1.165) is 0 Å². The van der Waals surface area contributed by atoms with Crippen molar-refractivity contribution in [3.63, 3.8) is 0 Å². The van der Waals surface area contributed by atoms with Crippen LogP contribution in [0.1, 0.15) is 12.5 Å². The number of hydrogen-bond acceptors (Lipinski definition) is 4. The van der Waals surface area contributed by atoms with E-state index in [9.17, 15) is 9.59 Å². The molecule has 0 aliphatic heterocycles. The van der Waals surface area contributed by atoms with Gasteiger partial charge in [-0.2, -0.15) is 0 Å². The smallest absolute Gasteiger partial charge is 0.328 e. The second-order valence-electron chi connectivity index (χ2n) is 3.89. The number of carbonyl (C=O) groups is 2. The molecule has 0 spiro atoms. The van der Waals surface area contributed by atoms with Crippen molar-refractivity contribution in [2.24, 2.45) is 0 Å². The zero-order valence-electron chi connectivity index (χ0n) is 11.1. The third-order valence-electron chi connectivity index (χ3n) is 2.43. The molecule has 0 saturated heterocycles. The van der Waals surface area contributed by atoms with Gasteiger partial charge in [-0.3, -0.25) is 4.79 Å². The molecule has 1 atom stereocenters. The highest BCUT2D eigenvalue weighted by molar-refractivity contribution is 5.94. The molecule has 1 amide bonds. The number of para-hydroxylation sites is 1. The number of nitrogens with one attached hydrogen (secondary N) is 1. The number of carboxylic acids is 1. The van der Waals surface area contributed by atoms with Gasteiger partial charge in [0.05, 0.1) is 13.2 Å². The summed E-state index contributed by atoms with van der Waals surface area (Å²) in [7, 11) is 0. The molecular formula is C14H17NO5. The van der Waals surface area contributed by atoms with Crippen LogP contribution in [0.4, 0.5) is 0 Å². The van der Waals surface area contributed by atoms with Crippen molar-refractivity contribution in [3.8, 4) is 5.75 Å². The van der Waals surface area contributed by atoms with Crippen LogP contribution >= 0.6 is 0 Å². The van der Waals surface area contributed by atoms with Crippen LogP contribution in [0.15, 0.2) is 30.3 Å². The maximum Gasteiger partial charge on any atom is 0.328 e. The first-order valence-electron chi connectivity index (χ1n) is 6.12. The number of carbonyl (C=O) groups excluding carboxylic acids is 1. The number of aliphatic carboxylic acids is 1. The average molecular weight is 279 g/mol.